The molecule has 6 heteroatoms. The van der Waals surface area contributed by atoms with Crippen molar-refractivity contribution in [1.29, 1.82) is 0 Å². The first-order chi connectivity index (χ1) is 10.8. The third kappa shape index (κ3) is 22.9. The van der Waals surface area contributed by atoms with Crippen molar-refractivity contribution in [2.45, 2.75) is 115 Å². The molecule has 0 aliphatic carbocycles. The Bertz CT molecular complexity index is 245. The van der Waals surface area contributed by atoms with Crippen LogP contribution in [-0.2, 0) is 0 Å². The summed E-state index contributed by atoms with van der Waals surface area (Å²) in [7, 11) is -1.69. The molecule has 0 heterocycles. The molecule has 0 amide bonds. The molecule has 0 unspecified atom stereocenters. The van der Waals surface area contributed by atoms with E-state index in [0.717, 1.165) is 17.1 Å². The van der Waals surface area contributed by atoms with Gasteiger partial charge in [-0.15, -0.1) is 0 Å². The van der Waals surface area contributed by atoms with Gasteiger partial charge in [0.25, 0.3) is 0 Å². The predicted molar refractivity (Wildman–Crippen MR) is 133 cm³/mol. The summed E-state index contributed by atoms with van der Waals surface area (Å²) in [4.78, 5) is 0. The zero-order valence-corrected chi connectivity index (χ0v) is 24.0. The van der Waals surface area contributed by atoms with Crippen molar-refractivity contribution in [3.63, 3.8) is 0 Å². The second kappa shape index (κ2) is 13.1. The minimum absolute atomic E-state index is 0.806. The van der Waals surface area contributed by atoms with Gasteiger partial charge in [0.05, 0.1) is 10.4 Å². The Morgan fingerprint density at radius 2 is 0.750 bits per heavy atom. The van der Waals surface area contributed by atoms with E-state index in [1.54, 1.807) is 0 Å². The molecule has 24 heavy (non-hydrogen) atoms. The van der Waals surface area contributed by atoms with Crippen molar-refractivity contribution in [3.05, 3.63) is 0 Å². The maximum atomic E-state index is 4.64. The predicted octanol–water partition coefficient (Wildman–Crippen LogP) is 5.89. The molecule has 0 rings (SSSR count). The molecule has 0 aliphatic rings. The smallest absolute Gasteiger partial charge is 0.139 e. The van der Waals surface area contributed by atoms with Crippen molar-refractivity contribution in [1.82, 2.24) is 0 Å². The number of hydrogen-bond acceptors (Lipinski definition) is 1. The Hall–Kier alpha value is 0.892. The van der Waals surface area contributed by atoms with E-state index >= 15 is 0 Å². The average Bonchev–Trinajstić information content (AvgIpc) is 2.36. The van der Waals surface area contributed by atoms with Crippen LogP contribution in [0, 0.1) is 0 Å². The second-order valence-corrected chi connectivity index (χ2v) is 28.1. The Morgan fingerprint density at radius 3 is 0.917 bits per heavy atom. The van der Waals surface area contributed by atoms with E-state index in [4.69, 9.17) is 0 Å². The third-order valence-electron chi connectivity index (χ3n) is 4.62. The van der Waals surface area contributed by atoms with Crippen LogP contribution in [0.15, 0.2) is 0 Å². The Labute approximate surface area is 162 Å². The van der Waals surface area contributed by atoms with Crippen LogP contribution in [0.5, 0.6) is 0 Å². The van der Waals surface area contributed by atoms with Gasteiger partial charge in [-0.25, -0.2) is 0 Å². The number of hydrogen-bond donors (Lipinski definition) is 1. The lowest BCUT2D eigenvalue weighted by atomic mass is 9.41. The van der Waals surface area contributed by atoms with Crippen LogP contribution in [0.2, 0.25) is 96.0 Å². The van der Waals surface area contributed by atoms with Crippen LogP contribution in [-0.4, -0.2) is 41.3 Å². The fraction of sp³-hybridized carbons (Fsp3) is 1.00. The molecule has 146 valence electrons. The Kier molecular flexibility index (Phi) is 14.8. The molecule has 0 aromatic heterocycles. The van der Waals surface area contributed by atoms with Gasteiger partial charge in [-0.05, 0) is 0 Å². The van der Waals surface area contributed by atoms with Crippen molar-refractivity contribution in [3.8, 4) is 0 Å². The van der Waals surface area contributed by atoms with E-state index in [1.165, 1.54) is 56.4 Å². The summed E-state index contributed by atoms with van der Waals surface area (Å²) in [5, 5.41) is 4.64. The molecule has 0 bridgehead atoms. The summed E-state index contributed by atoms with van der Waals surface area (Å²) in [6.45, 7) is 23.8. The van der Waals surface area contributed by atoms with Crippen LogP contribution in [0.1, 0.15) is 19.3 Å². The van der Waals surface area contributed by atoms with Crippen LogP contribution < -0.4 is 5.40 Å². The molecule has 0 saturated heterocycles. The summed E-state index contributed by atoms with van der Waals surface area (Å²) in [6, 6.07) is 4.60. The van der Waals surface area contributed by atoms with E-state index < -0.39 is 24.2 Å². The van der Waals surface area contributed by atoms with E-state index in [-0.39, 0.29) is 0 Å². The molecular formula is C18H50BNSi4. The molecule has 0 aromatic carbocycles. The molecule has 0 radical (unpaired) electrons. The van der Waals surface area contributed by atoms with Crippen molar-refractivity contribution < 1.29 is 0 Å². The second-order valence-electron chi connectivity index (χ2n) is 11.2. The van der Waals surface area contributed by atoms with Crippen LogP contribution >= 0.6 is 0 Å². The van der Waals surface area contributed by atoms with Crippen molar-refractivity contribution >= 4 is 41.3 Å². The minimum Gasteiger partial charge on any atom is -0.358 e. The molecule has 0 fully saturated rings. The molecule has 0 aromatic rings. The van der Waals surface area contributed by atoms with Crippen molar-refractivity contribution in [2.24, 2.45) is 5.40 Å². The fourth-order valence-electron chi connectivity index (χ4n) is 3.20. The maximum Gasteiger partial charge on any atom is 0.139 e. The van der Waals surface area contributed by atoms with E-state index in [9.17, 15) is 0 Å². The quantitative estimate of drug-likeness (QED) is 0.404. The van der Waals surface area contributed by atoms with Crippen LogP contribution in [0.3, 0.4) is 0 Å². The summed E-state index contributed by atoms with van der Waals surface area (Å²) >= 11 is 0. The minimum atomic E-state index is -0.833. The highest BCUT2D eigenvalue weighted by Gasteiger charge is 2.20. The van der Waals surface area contributed by atoms with Gasteiger partial charge < -0.3 is 5.40 Å². The molecule has 0 aliphatic heterocycles. The Morgan fingerprint density at radius 1 is 0.542 bits per heavy atom. The summed E-state index contributed by atoms with van der Waals surface area (Å²) in [6.07, 6.45) is 9.05. The molecule has 2 N–H and O–H groups in total. The van der Waals surface area contributed by atoms with Gasteiger partial charge >= 0.3 is 0 Å². The summed E-state index contributed by atoms with van der Waals surface area (Å²) in [5.41, 5.74) is 0. The zero-order valence-electron chi connectivity index (χ0n) is 19.0. The van der Waals surface area contributed by atoms with E-state index in [0.29, 0.717) is 0 Å². The largest absolute Gasteiger partial charge is 0.358 e. The topological polar surface area (TPSA) is 26.0 Å². The van der Waals surface area contributed by atoms with Gasteiger partial charge in [0, 0.05) is 24.2 Å². The summed E-state index contributed by atoms with van der Waals surface area (Å²) < 4.78 is 0. The summed E-state index contributed by atoms with van der Waals surface area (Å²) in [5.74, 6) is 0. The van der Waals surface area contributed by atoms with Gasteiger partial charge in [0.1, 0.15) is 6.71 Å². The van der Waals surface area contributed by atoms with Gasteiger partial charge in [-0.3, -0.25) is 0 Å². The van der Waals surface area contributed by atoms with E-state index in [1.807, 2.05) is 0 Å². The van der Waals surface area contributed by atoms with Gasteiger partial charge in [-0.1, -0.05) is 115 Å². The monoisotopic (exact) mass is 403 g/mol. The number of rotatable bonds is 12. The van der Waals surface area contributed by atoms with Gasteiger partial charge in [0.15, 0.2) is 0 Å². The molecule has 0 spiro atoms. The van der Waals surface area contributed by atoms with Crippen molar-refractivity contribution in [2.75, 3.05) is 0 Å². The number of nitrogens with two attached hydrogens (primary N) is 1. The normalized spacial score (nSPS) is 12.8. The fourth-order valence-corrected chi connectivity index (χ4v) is 6.99. The molecule has 0 atom stereocenters. The lowest BCUT2D eigenvalue weighted by molar-refractivity contribution is 0.933. The lowest BCUT2D eigenvalue weighted by Crippen LogP contribution is -2.23. The van der Waals surface area contributed by atoms with Gasteiger partial charge in [0.2, 0.25) is 0 Å². The first kappa shape index (κ1) is 27.1. The van der Waals surface area contributed by atoms with Crippen LogP contribution in [0.4, 0.5) is 0 Å². The first-order valence-electron chi connectivity index (χ1n) is 10.4. The maximum absolute atomic E-state index is 4.64. The van der Waals surface area contributed by atoms with Gasteiger partial charge in [-0.2, -0.15) is 0 Å². The average molecular weight is 404 g/mol. The standard InChI is InChI=1S/C18H45BSi3.H5NSi/c1-20(2,3)16-10-13-19(14-11-17-21(4,5)6)15-12-18-22(7,8)9;1-2/h10-18H2,1-9H3;1H2,2H3. The SMILES string of the molecule is C[Si](C)(C)CCCB(CCC[Si](C)(C)C)CCC[Si](C)(C)C.N[SiH3]. The lowest BCUT2D eigenvalue weighted by Gasteiger charge is -2.21. The highest BCUT2D eigenvalue weighted by Crippen LogP contribution is 2.24. The highest BCUT2D eigenvalue weighted by atomic mass is 28.3. The molecule has 0 saturated carbocycles. The van der Waals surface area contributed by atoms with E-state index in [2.05, 4.69) is 64.3 Å². The third-order valence-corrected chi connectivity index (χ3v) is 10.2. The highest BCUT2D eigenvalue weighted by molar-refractivity contribution is 6.77. The molecular weight excluding hydrogens is 353 g/mol. The van der Waals surface area contributed by atoms with Crippen LogP contribution in [0.25, 0.3) is 0 Å². The Balaban J connectivity index is 0. The molecule has 1 nitrogen and oxygen atoms in total. The first-order valence-corrected chi connectivity index (χ1v) is 22.6. The zero-order chi connectivity index (χ0) is 19.4.